The van der Waals surface area contributed by atoms with Crippen LogP contribution in [0, 0.1) is 13.8 Å². The quantitative estimate of drug-likeness (QED) is 0.791. The van der Waals surface area contributed by atoms with E-state index in [1.54, 1.807) is 23.9 Å². The third-order valence-corrected chi connectivity index (χ3v) is 4.94. The third kappa shape index (κ3) is 5.44. The molecule has 0 bridgehead atoms. The highest BCUT2D eigenvalue weighted by Gasteiger charge is 2.10. The van der Waals surface area contributed by atoms with Gasteiger partial charge in [-0.3, -0.25) is 4.79 Å². The van der Waals surface area contributed by atoms with Crippen molar-refractivity contribution in [2.24, 2.45) is 0 Å². The van der Waals surface area contributed by atoms with E-state index in [1.807, 2.05) is 19.9 Å². The van der Waals surface area contributed by atoms with Crippen LogP contribution >= 0.6 is 35.0 Å². The van der Waals surface area contributed by atoms with Crippen LogP contribution in [0.5, 0.6) is 0 Å². The van der Waals surface area contributed by atoms with E-state index in [9.17, 15) is 4.79 Å². The van der Waals surface area contributed by atoms with Gasteiger partial charge >= 0.3 is 0 Å². The molecule has 1 N–H and O–H groups in total. The monoisotopic (exact) mass is 372 g/mol. The summed E-state index contributed by atoms with van der Waals surface area (Å²) in [6, 6.07) is 5.38. The lowest BCUT2D eigenvalue weighted by Crippen LogP contribution is -2.27. The molecule has 1 heterocycles. The summed E-state index contributed by atoms with van der Waals surface area (Å²) >= 11 is 13.5. The number of benzene rings is 1. The second kappa shape index (κ2) is 8.62. The van der Waals surface area contributed by atoms with Gasteiger partial charge in [0, 0.05) is 27.9 Å². The molecule has 0 saturated carbocycles. The van der Waals surface area contributed by atoms with Gasteiger partial charge in [0.25, 0.3) is 0 Å². The van der Waals surface area contributed by atoms with Crippen molar-refractivity contribution in [2.75, 3.05) is 12.3 Å². The second-order valence-electron chi connectivity index (χ2n) is 5.13. The van der Waals surface area contributed by atoms with E-state index in [4.69, 9.17) is 27.7 Å². The molecular formula is C16H18Cl2N2O2S. The van der Waals surface area contributed by atoms with Gasteiger partial charge in [-0.2, -0.15) is 0 Å². The maximum Gasteiger partial charge on any atom is 0.230 e. The molecule has 0 atom stereocenters. The zero-order valence-corrected chi connectivity index (χ0v) is 15.3. The Kier molecular flexibility index (Phi) is 6.81. The van der Waals surface area contributed by atoms with Gasteiger partial charge in [0.15, 0.2) is 0 Å². The lowest BCUT2D eigenvalue weighted by molar-refractivity contribution is -0.118. The van der Waals surface area contributed by atoms with Crippen molar-refractivity contribution in [3.8, 4) is 0 Å². The van der Waals surface area contributed by atoms with E-state index < -0.39 is 0 Å². The molecule has 0 unspecified atom stereocenters. The number of carbonyl (C=O) groups excluding carboxylic acids is 1. The van der Waals surface area contributed by atoms with Crippen LogP contribution in [0.25, 0.3) is 0 Å². The van der Waals surface area contributed by atoms with Gasteiger partial charge in [0.1, 0.15) is 5.76 Å². The lowest BCUT2D eigenvalue weighted by Gasteiger charge is -2.07. The van der Waals surface area contributed by atoms with E-state index in [-0.39, 0.29) is 5.91 Å². The molecule has 124 valence electrons. The molecule has 2 rings (SSSR count). The zero-order chi connectivity index (χ0) is 16.8. The van der Waals surface area contributed by atoms with E-state index >= 15 is 0 Å². The van der Waals surface area contributed by atoms with Gasteiger partial charge in [-0.25, -0.2) is 0 Å². The van der Waals surface area contributed by atoms with Gasteiger partial charge in [-0.15, -0.1) is 11.8 Å². The number of aromatic nitrogens is 1. The summed E-state index contributed by atoms with van der Waals surface area (Å²) in [5, 5.41) is 8.03. The SMILES string of the molecule is Cc1noc(C)c1CSCC(=O)NCCc1ccc(Cl)cc1Cl. The standard InChI is InChI=1S/C16H18Cl2N2O2S/c1-10-14(11(2)22-20-10)8-23-9-16(21)19-6-5-12-3-4-13(17)7-15(12)18/h3-4,7H,5-6,8-9H2,1-2H3,(H,19,21). The van der Waals surface area contributed by atoms with Crippen molar-refractivity contribution in [2.45, 2.75) is 26.0 Å². The molecule has 7 heteroatoms. The number of aryl methyl sites for hydroxylation is 2. The molecule has 0 spiro atoms. The summed E-state index contributed by atoms with van der Waals surface area (Å²) in [5.41, 5.74) is 2.92. The van der Waals surface area contributed by atoms with Crippen LogP contribution in [0.1, 0.15) is 22.6 Å². The second-order valence-corrected chi connectivity index (χ2v) is 6.96. The van der Waals surface area contributed by atoms with Gasteiger partial charge in [0.2, 0.25) is 5.91 Å². The molecule has 23 heavy (non-hydrogen) atoms. The lowest BCUT2D eigenvalue weighted by atomic mass is 10.1. The highest BCUT2D eigenvalue weighted by molar-refractivity contribution is 7.99. The molecule has 0 aliphatic carbocycles. The van der Waals surface area contributed by atoms with Crippen molar-refractivity contribution in [3.63, 3.8) is 0 Å². The van der Waals surface area contributed by atoms with Crippen molar-refractivity contribution in [1.82, 2.24) is 10.5 Å². The fourth-order valence-corrected chi connectivity index (χ4v) is 3.57. The fourth-order valence-electron chi connectivity index (χ4n) is 2.07. The summed E-state index contributed by atoms with van der Waals surface area (Å²) in [4.78, 5) is 11.8. The highest BCUT2D eigenvalue weighted by atomic mass is 35.5. The first-order valence-electron chi connectivity index (χ1n) is 7.17. The number of nitrogens with zero attached hydrogens (tertiary/aromatic N) is 1. The van der Waals surface area contributed by atoms with Crippen LogP contribution in [0.3, 0.4) is 0 Å². The Morgan fingerprint density at radius 2 is 2.13 bits per heavy atom. The average molecular weight is 373 g/mol. The summed E-state index contributed by atoms with van der Waals surface area (Å²) in [7, 11) is 0. The first-order valence-corrected chi connectivity index (χ1v) is 9.08. The Morgan fingerprint density at radius 3 is 2.78 bits per heavy atom. The van der Waals surface area contributed by atoms with Gasteiger partial charge in [-0.1, -0.05) is 34.4 Å². The number of nitrogens with one attached hydrogen (secondary N) is 1. The third-order valence-electron chi connectivity index (χ3n) is 3.39. The normalized spacial score (nSPS) is 10.8. The zero-order valence-electron chi connectivity index (χ0n) is 13.0. The molecule has 1 aromatic carbocycles. The Bertz CT molecular complexity index is 669. The minimum Gasteiger partial charge on any atom is -0.361 e. The molecule has 4 nitrogen and oxygen atoms in total. The topological polar surface area (TPSA) is 55.1 Å². The first-order chi connectivity index (χ1) is 11.0. The number of carbonyl (C=O) groups is 1. The largest absolute Gasteiger partial charge is 0.361 e. The Labute approximate surface area is 149 Å². The number of rotatable bonds is 7. The van der Waals surface area contributed by atoms with Crippen LogP contribution in [-0.2, 0) is 17.0 Å². The van der Waals surface area contributed by atoms with E-state index in [0.29, 0.717) is 28.8 Å². The van der Waals surface area contributed by atoms with E-state index in [2.05, 4.69) is 10.5 Å². The summed E-state index contributed by atoms with van der Waals surface area (Å²) in [6.07, 6.45) is 0.677. The smallest absolute Gasteiger partial charge is 0.230 e. The average Bonchev–Trinajstić information content (AvgIpc) is 2.81. The molecule has 0 fully saturated rings. The Hall–Kier alpha value is -1.17. The van der Waals surface area contributed by atoms with E-state index in [0.717, 1.165) is 28.3 Å². The predicted molar refractivity (Wildman–Crippen MR) is 95.3 cm³/mol. The molecule has 0 aliphatic rings. The molecule has 0 saturated heterocycles. The van der Waals surface area contributed by atoms with Gasteiger partial charge in [0.05, 0.1) is 11.4 Å². The van der Waals surface area contributed by atoms with Crippen LogP contribution in [0.15, 0.2) is 22.7 Å². The minimum absolute atomic E-state index is 0.00634. The fraction of sp³-hybridized carbons (Fsp3) is 0.375. The summed E-state index contributed by atoms with van der Waals surface area (Å²) < 4.78 is 5.10. The molecule has 0 aliphatic heterocycles. The van der Waals surface area contributed by atoms with Crippen LogP contribution in [0.2, 0.25) is 10.0 Å². The van der Waals surface area contributed by atoms with Gasteiger partial charge < -0.3 is 9.84 Å². The molecule has 0 radical (unpaired) electrons. The van der Waals surface area contributed by atoms with Crippen LogP contribution < -0.4 is 5.32 Å². The maximum absolute atomic E-state index is 11.8. The van der Waals surface area contributed by atoms with Crippen molar-refractivity contribution in [3.05, 3.63) is 50.8 Å². The highest BCUT2D eigenvalue weighted by Crippen LogP contribution is 2.21. The number of amides is 1. The number of hydrogen-bond acceptors (Lipinski definition) is 4. The van der Waals surface area contributed by atoms with Crippen LogP contribution in [-0.4, -0.2) is 23.4 Å². The number of halogens is 2. The number of thioether (sulfide) groups is 1. The summed E-state index contributed by atoms with van der Waals surface area (Å²) in [5.74, 6) is 1.94. The molecule has 1 amide bonds. The Morgan fingerprint density at radius 1 is 1.35 bits per heavy atom. The van der Waals surface area contributed by atoms with Crippen molar-refractivity contribution in [1.29, 1.82) is 0 Å². The van der Waals surface area contributed by atoms with Gasteiger partial charge in [-0.05, 0) is 38.0 Å². The molecule has 1 aromatic heterocycles. The molecular weight excluding hydrogens is 355 g/mol. The Balaban J connectivity index is 1.69. The number of hydrogen-bond donors (Lipinski definition) is 1. The van der Waals surface area contributed by atoms with Crippen molar-refractivity contribution >= 4 is 40.9 Å². The molecule has 2 aromatic rings. The first kappa shape index (κ1) is 18.2. The van der Waals surface area contributed by atoms with Crippen molar-refractivity contribution < 1.29 is 9.32 Å². The maximum atomic E-state index is 11.8. The van der Waals surface area contributed by atoms with Crippen LogP contribution in [0.4, 0.5) is 0 Å². The predicted octanol–water partition coefficient (Wildman–Crippen LogP) is 4.19. The minimum atomic E-state index is 0.00634. The van der Waals surface area contributed by atoms with E-state index in [1.165, 1.54) is 0 Å². The summed E-state index contributed by atoms with van der Waals surface area (Å²) in [6.45, 7) is 4.33.